The van der Waals surface area contributed by atoms with Crippen molar-refractivity contribution in [3.63, 3.8) is 0 Å². The van der Waals surface area contributed by atoms with Crippen LogP contribution >= 0.6 is 11.8 Å². The number of thioether (sulfide) groups is 1. The van der Waals surface area contributed by atoms with Gasteiger partial charge >= 0.3 is 0 Å². The Kier molecular flexibility index (Phi) is 5.22. The molecule has 0 aromatic heterocycles. The minimum absolute atomic E-state index is 0.0107. The van der Waals surface area contributed by atoms with Crippen LogP contribution in [0, 0.1) is 6.92 Å². The normalized spacial score (nSPS) is 24.4. The second-order valence-corrected chi connectivity index (χ2v) is 9.78. The maximum absolute atomic E-state index is 10.7. The molecule has 5 nitrogen and oxygen atoms in total. The van der Waals surface area contributed by atoms with Crippen LogP contribution in [0.25, 0.3) is 0 Å². The van der Waals surface area contributed by atoms with Gasteiger partial charge in [0.25, 0.3) is 0 Å². The highest BCUT2D eigenvalue weighted by Gasteiger charge is 2.49. The number of hydrogen-bond acceptors (Lipinski definition) is 6. The van der Waals surface area contributed by atoms with E-state index in [0.29, 0.717) is 18.6 Å². The van der Waals surface area contributed by atoms with Gasteiger partial charge < -0.3 is 20.3 Å². The fraction of sp³-hybridized carbons (Fsp3) is 0.375. The Balaban J connectivity index is 1.86. The second-order valence-electron chi connectivity index (χ2n) is 8.77. The average molecular weight is 425 g/mol. The number of aryl methyl sites for hydroxylation is 1. The molecule has 0 bridgehead atoms. The number of aromatic hydroxyl groups is 2. The number of rotatable bonds is 3. The monoisotopic (exact) mass is 424 g/mol. The summed E-state index contributed by atoms with van der Waals surface area (Å²) in [6.45, 7) is 10.1. The van der Waals surface area contributed by atoms with Gasteiger partial charge in [-0.25, -0.2) is 4.99 Å². The molecule has 1 spiro atoms. The standard InChI is InChI=1S/C24H28N2O3S/c1-5-11-30-22-25-23(3,4)14-24(26-22)13-18(16-8-6-7-15(2)12-16)17-9-10-19(27)20(28)21(17)29-24/h5-10,12,18,27-28H,1,11,13-14H2,2-4H3,(H,25,26)/t18-,24-/m1/s1. The summed E-state index contributed by atoms with van der Waals surface area (Å²) in [5.41, 5.74) is 2.11. The van der Waals surface area contributed by atoms with Gasteiger partial charge in [-0.15, -0.1) is 6.58 Å². The molecule has 2 aliphatic rings. The van der Waals surface area contributed by atoms with Crippen molar-refractivity contribution in [3.05, 3.63) is 65.7 Å². The molecular formula is C24H28N2O3S. The number of phenolic OH excluding ortho intramolecular Hbond substituents is 2. The maximum Gasteiger partial charge on any atom is 0.206 e. The van der Waals surface area contributed by atoms with E-state index in [-0.39, 0.29) is 23.0 Å². The predicted molar refractivity (Wildman–Crippen MR) is 123 cm³/mol. The summed E-state index contributed by atoms with van der Waals surface area (Å²) in [6, 6.07) is 11.8. The van der Waals surface area contributed by atoms with Crippen LogP contribution in [-0.4, -0.2) is 32.4 Å². The lowest BCUT2D eigenvalue weighted by Gasteiger charge is -2.47. The van der Waals surface area contributed by atoms with E-state index in [2.05, 4.69) is 50.9 Å². The minimum Gasteiger partial charge on any atom is -0.504 e. The van der Waals surface area contributed by atoms with Crippen molar-refractivity contribution in [1.82, 2.24) is 5.32 Å². The van der Waals surface area contributed by atoms with Crippen molar-refractivity contribution in [1.29, 1.82) is 0 Å². The molecule has 30 heavy (non-hydrogen) atoms. The molecule has 0 saturated heterocycles. The van der Waals surface area contributed by atoms with Crippen molar-refractivity contribution in [2.45, 2.75) is 50.8 Å². The highest BCUT2D eigenvalue weighted by atomic mass is 32.2. The summed E-state index contributed by atoms with van der Waals surface area (Å²) in [5, 5.41) is 25.1. The molecule has 0 fully saturated rings. The first kappa shape index (κ1) is 20.7. The summed E-state index contributed by atoms with van der Waals surface area (Å²) in [6.07, 6.45) is 3.13. The molecule has 4 rings (SSSR count). The molecule has 2 heterocycles. The molecule has 0 aliphatic carbocycles. The van der Waals surface area contributed by atoms with E-state index >= 15 is 0 Å². The lowest BCUT2D eigenvalue weighted by molar-refractivity contribution is 0.0108. The molecule has 0 saturated carbocycles. The van der Waals surface area contributed by atoms with Gasteiger partial charge in [0.05, 0.1) is 0 Å². The van der Waals surface area contributed by atoms with Crippen LogP contribution in [0.2, 0.25) is 0 Å². The smallest absolute Gasteiger partial charge is 0.206 e. The van der Waals surface area contributed by atoms with E-state index in [0.717, 1.165) is 22.0 Å². The Bertz CT molecular complexity index is 1020. The number of fused-ring (bicyclic) bond motifs is 1. The number of phenols is 2. The Morgan fingerprint density at radius 1 is 1.30 bits per heavy atom. The third-order valence-corrected chi connectivity index (χ3v) is 6.45. The molecule has 2 aromatic rings. The lowest BCUT2D eigenvalue weighted by Crippen LogP contribution is -2.57. The van der Waals surface area contributed by atoms with Gasteiger partial charge in [-0.2, -0.15) is 0 Å². The zero-order valence-corrected chi connectivity index (χ0v) is 18.4. The molecule has 2 aromatic carbocycles. The van der Waals surface area contributed by atoms with E-state index in [1.54, 1.807) is 11.8 Å². The van der Waals surface area contributed by atoms with Gasteiger partial charge in [-0.05, 0) is 32.4 Å². The van der Waals surface area contributed by atoms with Crippen molar-refractivity contribution in [2.24, 2.45) is 4.99 Å². The van der Waals surface area contributed by atoms with Crippen LogP contribution in [0.4, 0.5) is 0 Å². The second kappa shape index (κ2) is 7.58. The van der Waals surface area contributed by atoms with E-state index in [1.807, 2.05) is 18.2 Å². The van der Waals surface area contributed by atoms with E-state index in [9.17, 15) is 10.2 Å². The number of aliphatic imine (C=N–C) groups is 1. The lowest BCUT2D eigenvalue weighted by atomic mass is 9.77. The minimum atomic E-state index is -0.842. The van der Waals surface area contributed by atoms with Gasteiger partial charge in [-0.1, -0.05) is 53.7 Å². The van der Waals surface area contributed by atoms with E-state index in [1.165, 1.54) is 11.6 Å². The summed E-state index contributed by atoms with van der Waals surface area (Å²) < 4.78 is 6.42. The quantitative estimate of drug-likeness (QED) is 0.474. The number of hydrogen-bond donors (Lipinski definition) is 3. The molecule has 2 aliphatic heterocycles. The first-order valence-electron chi connectivity index (χ1n) is 10.1. The number of benzene rings is 2. The number of amidine groups is 1. The summed E-state index contributed by atoms with van der Waals surface area (Å²) in [4.78, 5) is 4.98. The van der Waals surface area contributed by atoms with Crippen LogP contribution in [0.1, 0.15) is 49.3 Å². The Labute approximate surface area is 181 Å². The molecule has 0 radical (unpaired) electrons. The molecule has 2 atom stereocenters. The third-order valence-electron chi connectivity index (χ3n) is 5.58. The van der Waals surface area contributed by atoms with E-state index in [4.69, 9.17) is 9.73 Å². The van der Waals surface area contributed by atoms with Crippen molar-refractivity contribution >= 4 is 16.9 Å². The Morgan fingerprint density at radius 2 is 2.10 bits per heavy atom. The molecular weight excluding hydrogens is 396 g/mol. The van der Waals surface area contributed by atoms with Crippen LogP contribution in [0.5, 0.6) is 17.2 Å². The highest BCUT2D eigenvalue weighted by Crippen LogP contribution is 2.53. The van der Waals surface area contributed by atoms with Crippen LogP contribution < -0.4 is 10.1 Å². The predicted octanol–water partition coefficient (Wildman–Crippen LogP) is 5.06. The number of nitrogens with one attached hydrogen (secondary N) is 1. The Morgan fingerprint density at radius 3 is 2.83 bits per heavy atom. The fourth-order valence-electron chi connectivity index (χ4n) is 4.46. The van der Waals surface area contributed by atoms with E-state index < -0.39 is 5.72 Å². The number of nitrogens with zero attached hydrogens (tertiary/aromatic N) is 1. The average Bonchev–Trinajstić information content (AvgIpc) is 2.68. The Hall–Kier alpha value is -2.60. The molecule has 3 N–H and O–H groups in total. The van der Waals surface area contributed by atoms with Crippen molar-refractivity contribution in [2.75, 3.05) is 5.75 Å². The van der Waals surface area contributed by atoms with Crippen LogP contribution in [0.15, 0.2) is 54.0 Å². The third kappa shape index (κ3) is 3.88. The molecule has 0 unspecified atom stereocenters. The highest BCUT2D eigenvalue weighted by molar-refractivity contribution is 8.13. The topological polar surface area (TPSA) is 74.1 Å². The van der Waals surface area contributed by atoms with Crippen LogP contribution in [-0.2, 0) is 0 Å². The largest absolute Gasteiger partial charge is 0.504 e. The van der Waals surface area contributed by atoms with Gasteiger partial charge in [0.2, 0.25) is 11.5 Å². The van der Waals surface area contributed by atoms with Gasteiger partial charge in [-0.3, -0.25) is 0 Å². The molecule has 158 valence electrons. The van der Waals surface area contributed by atoms with Gasteiger partial charge in [0.15, 0.2) is 16.7 Å². The molecule has 0 amide bonds. The first-order chi connectivity index (χ1) is 14.2. The summed E-state index contributed by atoms with van der Waals surface area (Å²) >= 11 is 1.58. The van der Waals surface area contributed by atoms with Gasteiger partial charge in [0, 0.05) is 35.6 Å². The fourth-order valence-corrected chi connectivity index (χ4v) is 5.32. The van der Waals surface area contributed by atoms with Crippen molar-refractivity contribution < 1.29 is 14.9 Å². The summed E-state index contributed by atoms with van der Waals surface area (Å²) in [7, 11) is 0. The van der Waals surface area contributed by atoms with Crippen molar-refractivity contribution in [3.8, 4) is 17.2 Å². The first-order valence-corrected chi connectivity index (χ1v) is 11.1. The summed E-state index contributed by atoms with van der Waals surface area (Å²) in [5.74, 6) is 0.635. The van der Waals surface area contributed by atoms with Crippen LogP contribution in [0.3, 0.4) is 0 Å². The molecule has 6 heteroatoms. The zero-order chi connectivity index (χ0) is 21.5. The SMILES string of the molecule is C=CCSC1=N[C@@]2(C[C@H](c3cccc(C)c3)c3ccc(O)c(O)c3O2)CC(C)(C)N1. The number of ether oxygens (including phenoxy) is 1. The van der Waals surface area contributed by atoms with Gasteiger partial charge in [0.1, 0.15) is 0 Å². The maximum atomic E-state index is 10.7. The zero-order valence-electron chi connectivity index (χ0n) is 17.6.